The maximum atomic E-state index is 4.10. The predicted octanol–water partition coefficient (Wildman–Crippen LogP) is 7.00. The largest absolute Gasteiger partial charge is 0.291 e. The van der Waals surface area contributed by atoms with Crippen LogP contribution in [-0.4, -0.2) is 28.4 Å². The van der Waals surface area contributed by atoms with Crippen LogP contribution in [-0.2, 0) is 19.6 Å². The number of aryl methyl sites for hydroxylation is 1. The minimum Gasteiger partial charge on any atom is -0.291 e. The first-order valence-corrected chi connectivity index (χ1v) is 12.5. The van der Waals surface area contributed by atoms with Crippen LogP contribution in [0.4, 0.5) is 0 Å². The monoisotopic (exact) mass is 438 g/mol. The molecule has 0 bridgehead atoms. The molecule has 0 unspecified atom stereocenters. The summed E-state index contributed by atoms with van der Waals surface area (Å²) >= 11 is 0. The van der Waals surface area contributed by atoms with Crippen LogP contribution in [0.3, 0.4) is 0 Å². The lowest BCUT2D eigenvalue weighted by Crippen LogP contribution is -2.52. The van der Waals surface area contributed by atoms with E-state index in [2.05, 4.69) is 114 Å². The van der Waals surface area contributed by atoms with E-state index < -0.39 is 0 Å². The Morgan fingerprint density at radius 3 is 1.79 bits per heavy atom. The molecule has 0 heterocycles. The third kappa shape index (κ3) is 6.43. The molecule has 4 rings (SSSR count). The van der Waals surface area contributed by atoms with Gasteiger partial charge in [-0.25, -0.2) is 0 Å². The number of rotatable bonds is 10. The number of benzene rings is 3. The fraction of sp³-hybridized carbons (Fsp3) is 0.355. The summed E-state index contributed by atoms with van der Waals surface area (Å²) in [4.78, 5) is 5.42. The van der Waals surface area contributed by atoms with Crippen LogP contribution >= 0.6 is 0 Å². The third-order valence-corrected chi connectivity index (χ3v) is 7.09. The van der Waals surface area contributed by atoms with Crippen molar-refractivity contribution in [2.24, 2.45) is 0 Å². The van der Waals surface area contributed by atoms with Gasteiger partial charge in [-0.05, 0) is 42.0 Å². The molecule has 172 valence electrons. The molecule has 2 heteroatoms. The molecule has 0 aromatic heterocycles. The average molecular weight is 439 g/mol. The Morgan fingerprint density at radius 1 is 0.697 bits per heavy atom. The molecule has 1 fully saturated rings. The van der Waals surface area contributed by atoms with Crippen LogP contribution in [0, 0.1) is 6.92 Å². The topological polar surface area (TPSA) is 6.48 Å². The van der Waals surface area contributed by atoms with Crippen molar-refractivity contribution in [3.63, 3.8) is 0 Å². The summed E-state index contributed by atoms with van der Waals surface area (Å²) in [6.07, 6.45) is 7.22. The van der Waals surface area contributed by atoms with Crippen LogP contribution in [0.25, 0.3) is 0 Å². The summed E-state index contributed by atoms with van der Waals surface area (Å²) in [5.41, 5.74) is 5.61. The van der Waals surface area contributed by atoms with Crippen molar-refractivity contribution < 1.29 is 0 Å². The van der Waals surface area contributed by atoms with Gasteiger partial charge in [-0.1, -0.05) is 104 Å². The SMILES string of the molecule is C=CCN(Cc1ccccc1)[C@@H]1CCCC[C@H]1N(Cc1ccccc1)Cc1ccccc1C. The van der Waals surface area contributed by atoms with Gasteiger partial charge >= 0.3 is 0 Å². The molecule has 2 atom stereocenters. The molecule has 33 heavy (non-hydrogen) atoms. The zero-order chi connectivity index (χ0) is 22.9. The summed E-state index contributed by atoms with van der Waals surface area (Å²) in [6.45, 7) is 10.2. The van der Waals surface area contributed by atoms with Crippen molar-refractivity contribution in [1.82, 2.24) is 9.80 Å². The normalized spacial score (nSPS) is 18.5. The predicted molar refractivity (Wildman–Crippen MR) is 140 cm³/mol. The van der Waals surface area contributed by atoms with E-state index in [1.54, 1.807) is 0 Å². The van der Waals surface area contributed by atoms with Gasteiger partial charge < -0.3 is 0 Å². The van der Waals surface area contributed by atoms with Gasteiger partial charge in [0.15, 0.2) is 0 Å². The van der Waals surface area contributed by atoms with Gasteiger partial charge in [-0.2, -0.15) is 0 Å². The van der Waals surface area contributed by atoms with Crippen LogP contribution in [0.2, 0.25) is 0 Å². The minimum atomic E-state index is 0.530. The van der Waals surface area contributed by atoms with Crippen molar-refractivity contribution >= 4 is 0 Å². The Hall–Kier alpha value is -2.68. The molecular formula is C31H38N2. The Bertz CT molecular complexity index is 982. The highest BCUT2D eigenvalue weighted by Gasteiger charge is 2.34. The summed E-state index contributed by atoms with van der Waals surface area (Å²) in [5.74, 6) is 0. The maximum absolute atomic E-state index is 4.10. The van der Waals surface area contributed by atoms with E-state index in [1.165, 1.54) is 47.9 Å². The minimum absolute atomic E-state index is 0.530. The molecule has 0 amide bonds. The highest BCUT2D eigenvalue weighted by atomic mass is 15.2. The molecule has 0 spiro atoms. The van der Waals surface area contributed by atoms with Gasteiger partial charge in [0, 0.05) is 38.3 Å². The van der Waals surface area contributed by atoms with E-state index in [0.29, 0.717) is 12.1 Å². The molecule has 3 aromatic rings. The number of hydrogen-bond acceptors (Lipinski definition) is 2. The van der Waals surface area contributed by atoms with E-state index in [-0.39, 0.29) is 0 Å². The maximum Gasteiger partial charge on any atom is 0.0258 e. The zero-order valence-corrected chi connectivity index (χ0v) is 20.1. The fourth-order valence-corrected chi connectivity index (χ4v) is 5.36. The first-order valence-electron chi connectivity index (χ1n) is 12.5. The molecule has 1 aliphatic carbocycles. The second-order valence-corrected chi connectivity index (χ2v) is 9.44. The van der Waals surface area contributed by atoms with Crippen molar-refractivity contribution in [1.29, 1.82) is 0 Å². The van der Waals surface area contributed by atoms with E-state index in [4.69, 9.17) is 0 Å². The lowest BCUT2D eigenvalue weighted by Gasteiger charge is -2.45. The lowest BCUT2D eigenvalue weighted by atomic mass is 9.86. The highest BCUT2D eigenvalue weighted by molar-refractivity contribution is 5.26. The molecule has 0 radical (unpaired) electrons. The number of nitrogens with zero attached hydrogens (tertiary/aromatic N) is 2. The average Bonchev–Trinajstić information content (AvgIpc) is 2.86. The molecule has 2 nitrogen and oxygen atoms in total. The van der Waals surface area contributed by atoms with E-state index in [0.717, 1.165) is 26.2 Å². The standard InChI is InChI=1S/C31H38N2/c1-3-22-32(23-27-15-6-4-7-16-27)30-20-12-13-21-31(30)33(24-28-17-8-5-9-18-28)25-29-19-11-10-14-26(29)2/h3-11,14-19,30-31H,1,12-13,20-25H2,2H3/t30-,31-/m1/s1. The lowest BCUT2D eigenvalue weighted by molar-refractivity contribution is 0.0399. The first-order chi connectivity index (χ1) is 16.2. The van der Waals surface area contributed by atoms with Crippen LogP contribution < -0.4 is 0 Å². The molecule has 0 aliphatic heterocycles. The smallest absolute Gasteiger partial charge is 0.0258 e. The van der Waals surface area contributed by atoms with Gasteiger partial charge in [-0.3, -0.25) is 9.80 Å². The second kappa shape index (κ2) is 12.0. The van der Waals surface area contributed by atoms with Gasteiger partial charge in [0.1, 0.15) is 0 Å². The molecule has 1 aliphatic rings. The molecule has 1 saturated carbocycles. The zero-order valence-electron chi connectivity index (χ0n) is 20.1. The third-order valence-electron chi connectivity index (χ3n) is 7.09. The highest BCUT2D eigenvalue weighted by Crippen LogP contribution is 2.31. The summed E-state index contributed by atoms with van der Waals surface area (Å²) in [5, 5.41) is 0. The van der Waals surface area contributed by atoms with Crippen molar-refractivity contribution in [3.8, 4) is 0 Å². The Balaban J connectivity index is 1.63. The van der Waals surface area contributed by atoms with E-state index in [1.807, 2.05) is 0 Å². The van der Waals surface area contributed by atoms with Crippen molar-refractivity contribution in [3.05, 3.63) is 120 Å². The van der Waals surface area contributed by atoms with Gasteiger partial charge in [-0.15, -0.1) is 6.58 Å². The molecular weight excluding hydrogens is 400 g/mol. The van der Waals surface area contributed by atoms with Gasteiger partial charge in [0.2, 0.25) is 0 Å². The Morgan fingerprint density at radius 2 is 1.21 bits per heavy atom. The van der Waals surface area contributed by atoms with Crippen LogP contribution in [0.15, 0.2) is 97.6 Å². The molecule has 0 N–H and O–H groups in total. The Labute approximate surface area is 200 Å². The van der Waals surface area contributed by atoms with Crippen LogP contribution in [0.1, 0.15) is 47.9 Å². The van der Waals surface area contributed by atoms with E-state index >= 15 is 0 Å². The Kier molecular flexibility index (Phi) is 8.52. The van der Waals surface area contributed by atoms with Crippen LogP contribution in [0.5, 0.6) is 0 Å². The van der Waals surface area contributed by atoms with Gasteiger partial charge in [0.25, 0.3) is 0 Å². The molecule has 0 saturated heterocycles. The summed E-state index contributed by atoms with van der Waals surface area (Å²) in [6, 6.07) is 31.8. The summed E-state index contributed by atoms with van der Waals surface area (Å²) < 4.78 is 0. The quantitative estimate of drug-likeness (QED) is 0.315. The fourth-order valence-electron chi connectivity index (χ4n) is 5.36. The van der Waals surface area contributed by atoms with Gasteiger partial charge in [0.05, 0.1) is 0 Å². The number of hydrogen-bond donors (Lipinski definition) is 0. The first kappa shape index (κ1) is 23.5. The van der Waals surface area contributed by atoms with Crippen molar-refractivity contribution in [2.45, 2.75) is 64.3 Å². The molecule has 3 aromatic carbocycles. The summed E-state index contributed by atoms with van der Waals surface area (Å²) in [7, 11) is 0. The second-order valence-electron chi connectivity index (χ2n) is 9.44. The van der Waals surface area contributed by atoms with Crippen molar-refractivity contribution in [2.75, 3.05) is 6.54 Å². The van der Waals surface area contributed by atoms with E-state index in [9.17, 15) is 0 Å².